The molecule has 1 saturated carbocycles. The monoisotopic (exact) mass is 341 g/mol. The second-order valence-corrected chi connectivity index (χ2v) is 6.31. The van der Waals surface area contributed by atoms with Gasteiger partial charge in [-0.25, -0.2) is 4.99 Å². The summed E-state index contributed by atoms with van der Waals surface area (Å²) in [5.74, 6) is 3.48. The largest absolute Gasteiger partial charge is 0.493 e. The predicted molar refractivity (Wildman–Crippen MR) is 99.9 cm³/mol. The lowest BCUT2D eigenvalue weighted by Crippen LogP contribution is -2.38. The Labute approximate surface area is 149 Å². The van der Waals surface area contributed by atoms with Crippen LogP contribution in [0.5, 0.6) is 5.75 Å². The van der Waals surface area contributed by atoms with E-state index in [9.17, 15) is 0 Å². The van der Waals surface area contributed by atoms with Crippen LogP contribution in [0.25, 0.3) is 0 Å². The van der Waals surface area contributed by atoms with Crippen molar-refractivity contribution in [3.8, 4) is 5.75 Å². The zero-order chi connectivity index (χ0) is 17.3. The van der Waals surface area contributed by atoms with E-state index in [0.717, 1.165) is 55.1 Å². The lowest BCUT2D eigenvalue weighted by Gasteiger charge is -2.12. The molecule has 1 aromatic heterocycles. The van der Waals surface area contributed by atoms with Crippen LogP contribution in [0.4, 0.5) is 0 Å². The maximum atomic E-state index is 5.96. The van der Waals surface area contributed by atoms with E-state index >= 15 is 0 Å². The van der Waals surface area contributed by atoms with Gasteiger partial charge in [0.05, 0.1) is 19.4 Å². The summed E-state index contributed by atoms with van der Waals surface area (Å²) < 4.78 is 11.3. The lowest BCUT2D eigenvalue weighted by molar-refractivity contribution is 0.297. The van der Waals surface area contributed by atoms with Crippen LogP contribution in [0.1, 0.15) is 31.1 Å². The van der Waals surface area contributed by atoms with Gasteiger partial charge in [-0.15, -0.1) is 0 Å². The predicted octanol–water partition coefficient (Wildman–Crippen LogP) is 3.37. The minimum atomic E-state index is 0.594. The highest BCUT2D eigenvalue weighted by atomic mass is 16.5. The van der Waals surface area contributed by atoms with E-state index in [1.807, 2.05) is 30.3 Å². The highest BCUT2D eigenvalue weighted by Gasteiger charge is 2.22. The summed E-state index contributed by atoms with van der Waals surface area (Å²) >= 11 is 0. The Morgan fingerprint density at radius 2 is 2.08 bits per heavy atom. The molecule has 1 heterocycles. The van der Waals surface area contributed by atoms with E-state index in [4.69, 9.17) is 9.15 Å². The minimum Gasteiger partial charge on any atom is -0.493 e. The van der Waals surface area contributed by atoms with Gasteiger partial charge in [0.2, 0.25) is 0 Å². The van der Waals surface area contributed by atoms with Crippen molar-refractivity contribution in [3.63, 3.8) is 0 Å². The second kappa shape index (κ2) is 9.16. The van der Waals surface area contributed by atoms with Crippen LogP contribution in [0.2, 0.25) is 0 Å². The molecule has 1 aliphatic rings. The van der Waals surface area contributed by atoms with Gasteiger partial charge in [-0.1, -0.05) is 18.2 Å². The van der Waals surface area contributed by atoms with Gasteiger partial charge in [-0.05, 0) is 43.9 Å². The number of guanidine groups is 1. The fraction of sp³-hybridized carbons (Fsp3) is 0.450. The molecular formula is C20H27N3O2. The second-order valence-electron chi connectivity index (χ2n) is 6.31. The van der Waals surface area contributed by atoms with Crippen molar-refractivity contribution in [2.75, 3.05) is 19.7 Å². The summed E-state index contributed by atoms with van der Waals surface area (Å²) in [4.78, 5) is 4.69. The van der Waals surface area contributed by atoms with Crippen molar-refractivity contribution in [1.29, 1.82) is 0 Å². The average molecular weight is 341 g/mol. The van der Waals surface area contributed by atoms with Gasteiger partial charge in [-0.3, -0.25) is 0 Å². The van der Waals surface area contributed by atoms with Crippen molar-refractivity contribution in [1.82, 2.24) is 10.6 Å². The molecular weight excluding hydrogens is 314 g/mol. The van der Waals surface area contributed by atoms with Crippen molar-refractivity contribution in [3.05, 3.63) is 54.0 Å². The molecule has 2 N–H and O–H groups in total. The Morgan fingerprint density at radius 3 is 2.84 bits per heavy atom. The Kier molecular flexibility index (Phi) is 6.37. The van der Waals surface area contributed by atoms with Gasteiger partial charge in [-0.2, -0.15) is 0 Å². The van der Waals surface area contributed by atoms with Crippen LogP contribution in [-0.4, -0.2) is 25.7 Å². The SMILES string of the molecule is CCNC(=NCc1ccccc1OCC1CC1)NCCc1ccco1. The molecule has 0 unspecified atom stereocenters. The Hall–Kier alpha value is -2.43. The van der Waals surface area contributed by atoms with Crippen LogP contribution in [0.15, 0.2) is 52.1 Å². The van der Waals surface area contributed by atoms with Crippen molar-refractivity contribution in [2.24, 2.45) is 10.9 Å². The van der Waals surface area contributed by atoms with Crippen LogP contribution in [0.3, 0.4) is 0 Å². The number of aliphatic imine (C=N–C) groups is 1. The van der Waals surface area contributed by atoms with Crippen LogP contribution < -0.4 is 15.4 Å². The molecule has 25 heavy (non-hydrogen) atoms. The van der Waals surface area contributed by atoms with E-state index in [2.05, 4.69) is 28.6 Å². The van der Waals surface area contributed by atoms with Crippen molar-refractivity contribution >= 4 is 5.96 Å². The third kappa shape index (κ3) is 5.85. The lowest BCUT2D eigenvalue weighted by atomic mass is 10.2. The number of hydrogen-bond acceptors (Lipinski definition) is 3. The maximum Gasteiger partial charge on any atom is 0.191 e. The molecule has 0 saturated heterocycles. The first-order valence-corrected chi connectivity index (χ1v) is 9.10. The van der Waals surface area contributed by atoms with E-state index in [0.29, 0.717) is 6.54 Å². The van der Waals surface area contributed by atoms with E-state index < -0.39 is 0 Å². The number of furan rings is 1. The van der Waals surface area contributed by atoms with Gasteiger partial charge in [0.25, 0.3) is 0 Å². The summed E-state index contributed by atoms with van der Waals surface area (Å²) in [6, 6.07) is 12.1. The first-order chi connectivity index (χ1) is 12.3. The number of nitrogens with zero attached hydrogens (tertiary/aromatic N) is 1. The van der Waals surface area contributed by atoms with Gasteiger partial charge in [0.1, 0.15) is 11.5 Å². The number of ether oxygens (including phenoxy) is 1. The highest BCUT2D eigenvalue weighted by Crippen LogP contribution is 2.30. The Balaban J connectivity index is 1.54. The molecule has 0 aliphatic heterocycles. The van der Waals surface area contributed by atoms with Crippen molar-refractivity contribution in [2.45, 2.75) is 32.7 Å². The third-order valence-electron chi connectivity index (χ3n) is 4.14. The number of para-hydroxylation sites is 1. The quantitative estimate of drug-likeness (QED) is 0.542. The van der Waals surface area contributed by atoms with Gasteiger partial charge < -0.3 is 19.8 Å². The Morgan fingerprint density at radius 1 is 1.20 bits per heavy atom. The first-order valence-electron chi connectivity index (χ1n) is 9.10. The number of nitrogens with one attached hydrogen (secondary N) is 2. The topological polar surface area (TPSA) is 58.8 Å². The minimum absolute atomic E-state index is 0.594. The van der Waals surface area contributed by atoms with E-state index in [-0.39, 0.29) is 0 Å². The van der Waals surface area contributed by atoms with Crippen LogP contribution in [-0.2, 0) is 13.0 Å². The van der Waals surface area contributed by atoms with Crippen LogP contribution >= 0.6 is 0 Å². The molecule has 0 atom stereocenters. The summed E-state index contributed by atoms with van der Waals surface area (Å²) in [5, 5.41) is 6.63. The normalized spacial score (nSPS) is 14.4. The third-order valence-corrected chi connectivity index (χ3v) is 4.14. The van der Waals surface area contributed by atoms with Gasteiger partial charge in [0, 0.05) is 25.1 Å². The summed E-state index contributed by atoms with van der Waals surface area (Å²) in [6.45, 7) is 5.08. The van der Waals surface area contributed by atoms with Gasteiger partial charge in [0.15, 0.2) is 5.96 Å². The summed E-state index contributed by atoms with van der Waals surface area (Å²) in [5.41, 5.74) is 1.12. The summed E-state index contributed by atoms with van der Waals surface area (Å²) in [6.07, 6.45) is 5.13. The van der Waals surface area contributed by atoms with Crippen molar-refractivity contribution < 1.29 is 9.15 Å². The number of benzene rings is 1. The summed E-state index contributed by atoms with van der Waals surface area (Å²) in [7, 11) is 0. The fourth-order valence-corrected chi connectivity index (χ4v) is 2.53. The smallest absolute Gasteiger partial charge is 0.191 e. The molecule has 134 valence electrons. The molecule has 0 amide bonds. The zero-order valence-electron chi connectivity index (χ0n) is 14.8. The molecule has 1 aliphatic carbocycles. The standard InChI is InChI=1S/C20H27N3O2/c1-2-21-20(22-12-11-18-7-5-13-24-18)23-14-17-6-3-4-8-19(17)25-15-16-9-10-16/h3-8,13,16H,2,9-12,14-15H2,1H3,(H2,21,22,23). The highest BCUT2D eigenvalue weighted by molar-refractivity contribution is 5.79. The molecule has 1 aromatic carbocycles. The molecule has 0 spiro atoms. The molecule has 5 heteroatoms. The molecule has 1 fully saturated rings. The average Bonchev–Trinajstić information content (AvgIpc) is 3.32. The molecule has 2 aromatic rings. The van der Waals surface area contributed by atoms with Gasteiger partial charge >= 0.3 is 0 Å². The zero-order valence-corrected chi connectivity index (χ0v) is 14.8. The number of rotatable bonds is 9. The fourth-order valence-electron chi connectivity index (χ4n) is 2.53. The molecule has 0 radical (unpaired) electrons. The Bertz CT molecular complexity index is 663. The van der Waals surface area contributed by atoms with E-state index in [1.54, 1.807) is 6.26 Å². The maximum absolute atomic E-state index is 5.96. The van der Waals surface area contributed by atoms with Crippen LogP contribution in [0, 0.1) is 5.92 Å². The molecule has 5 nitrogen and oxygen atoms in total. The molecule has 3 rings (SSSR count). The number of hydrogen-bond donors (Lipinski definition) is 2. The van der Waals surface area contributed by atoms with E-state index in [1.165, 1.54) is 12.8 Å². The first kappa shape index (κ1) is 17.4. The molecule has 0 bridgehead atoms.